The number of para-hydroxylation sites is 1. The first-order valence-corrected chi connectivity index (χ1v) is 8.34. The van der Waals surface area contributed by atoms with E-state index in [1.54, 1.807) is 14.2 Å². The summed E-state index contributed by atoms with van der Waals surface area (Å²) in [7, 11) is 3.26. The van der Waals surface area contributed by atoms with Crippen LogP contribution in [-0.2, 0) is 6.42 Å². The number of methoxy groups -OCH3 is 2. The Bertz CT molecular complexity index is 1060. The first-order chi connectivity index (χ1) is 12.8. The van der Waals surface area contributed by atoms with Crippen molar-refractivity contribution in [2.45, 2.75) is 6.42 Å². The lowest BCUT2D eigenvalue weighted by Crippen LogP contribution is -2.09. The van der Waals surface area contributed by atoms with Crippen LogP contribution in [0.1, 0.15) is 5.56 Å². The molecule has 2 heterocycles. The van der Waals surface area contributed by atoms with Gasteiger partial charge in [-0.1, -0.05) is 24.3 Å². The molecule has 0 aliphatic heterocycles. The maximum atomic E-state index is 5.33. The Kier molecular flexibility index (Phi) is 4.27. The topological polar surface area (TPSA) is 85.0 Å². The van der Waals surface area contributed by atoms with Crippen LogP contribution in [0.15, 0.2) is 42.5 Å². The number of aromatic nitrogens is 4. The van der Waals surface area contributed by atoms with Crippen LogP contribution in [0.2, 0.25) is 0 Å². The highest BCUT2D eigenvalue weighted by Crippen LogP contribution is 2.27. The number of anilines is 1. The monoisotopic (exact) mass is 349 g/mol. The second-order valence-electron chi connectivity index (χ2n) is 5.87. The SMILES string of the molecule is COc1ccc(CCNc2nnc3c(n2)[nH]c2ccccc23)cc1OC. The molecule has 2 aromatic carbocycles. The Morgan fingerprint density at radius 3 is 2.69 bits per heavy atom. The summed E-state index contributed by atoms with van der Waals surface area (Å²) in [6.07, 6.45) is 0.800. The lowest BCUT2D eigenvalue weighted by atomic mass is 10.1. The normalized spacial score (nSPS) is 11.0. The van der Waals surface area contributed by atoms with Gasteiger partial charge in [0.05, 0.1) is 14.2 Å². The quantitative estimate of drug-likeness (QED) is 0.556. The minimum atomic E-state index is 0.504. The third-order valence-electron chi connectivity index (χ3n) is 4.27. The van der Waals surface area contributed by atoms with Crippen molar-refractivity contribution in [3.63, 3.8) is 0 Å². The van der Waals surface area contributed by atoms with Crippen LogP contribution in [0, 0.1) is 0 Å². The van der Waals surface area contributed by atoms with E-state index in [4.69, 9.17) is 9.47 Å². The van der Waals surface area contributed by atoms with E-state index in [2.05, 4.69) is 25.5 Å². The van der Waals surface area contributed by atoms with E-state index in [1.807, 2.05) is 42.5 Å². The Labute approximate surface area is 150 Å². The highest BCUT2D eigenvalue weighted by Gasteiger charge is 2.09. The molecule has 4 rings (SSSR count). The summed E-state index contributed by atoms with van der Waals surface area (Å²) in [6, 6.07) is 13.9. The van der Waals surface area contributed by atoms with Crippen molar-refractivity contribution in [3.05, 3.63) is 48.0 Å². The molecule has 26 heavy (non-hydrogen) atoms. The molecular weight excluding hydrogens is 330 g/mol. The van der Waals surface area contributed by atoms with E-state index in [9.17, 15) is 0 Å². The molecule has 132 valence electrons. The number of fused-ring (bicyclic) bond motifs is 3. The maximum absolute atomic E-state index is 5.33. The number of hydrogen-bond acceptors (Lipinski definition) is 6. The summed E-state index contributed by atoms with van der Waals surface area (Å²) in [5, 5.41) is 12.7. The first-order valence-electron chi connectivity index (χ1n) is 8.34. The van der Waals surface area contributed by atoms with Gasteiger partial charge in [-0.25, -0.2) is 0 Å². The average Bonchev–Trinajstić information content (AvgIpc) is 3.05. The fourth-order valence-electron chi connectivity index (χ4n) is 2.95. The molecule has 0 atom stereocenters. The van der Waals surface area contributed by atoms with Crippen LogP contribution < -0.4 is 14.8 Å². The first kappa shape index (κ1) is 16.1. The Morgan fingerprint density at radius 2 is 1.85 bits per heavy atom. The van der Waals surface area contributed by atoms with Gasteiger partial charge in [0, 0.05) is 17.4 Å². The minimum absolute atomic E-state index is 0.504. The van der Waals surface area contributed by atoms with Gasteiger partial charge in [-0.3, -0.25) is 0 Å². The fraction of sp³-hybridized carbons (Fsp3) is 0.211. The molecule has 0 spiro atoms. The number of ether oxygens (including phenoxy) is 2. The van der Waals surface area contributed by atoms with Gasteiger partial charge in [0.25, 0.3) is 0 Å². The van der Waals surface area contributed by atoms with Crippen LogP contribution >= 0.6 is 0 Å². The zero-order chi connectivity index (χ0) is 17.9. The van der Waals surface area contributed by atoms with E-state index < -0.39 is 0 Å². The van der Waals surface area contributed by atoms with Gasteiger partial charge in [0.15, 0.2) is 17.1 Å². The standard InChI is InChI=1S/C19H19N5O2/c1-25-15-8-7-12(11-16(15)26-2)9-10-20-19-22-18-17(23-24-19)13-5-3-4-6-14(13)21-18/h3-8,11H,9-10H2,1-2H3,(H2,20,21,22,24). The van der Waals surface area contributed by atoms with Gasteiger partial charge in [0.1, 0.15) is 5.52 Å². The van der Waals surface area contributed by atoms with Crippen LogP contribution in [-0.4, -0.2) is 40.9 Å². The fourth-order valence-corrected chi connectivity index (χ4v) is 2.95. The third kappa shape index (κ3) is 2.99. The molecule has 0 unspecified atom stereocenters. The van der Waals surface area contributed by atoms with Gasteiger partial charge >= 0.3 is 0 Å². The minimum Gasteiger partial charge on any atom is -0.493 e. The molecule has 7 nitrogen and oxygen atoms in total. The number of hydrogen-bond donors (Lipinski definition) is 2. The Morgan fingerprint density at radius 1 is 1.00 bits per heavy atom. The van der Waals surface area contributed by atoms with E-state index in [-0.39, 0.29) is 0 Å². The molecule has 0 aliphatic carbocycles. The summed E-state index contributed by atoms with van der Waals surface area (Å²) in [4.78, 5) is 7.79. The van der Waals surface area contributed by atoms with Gasteiger partial charge in [-0.05, 0) is 30.2 Å². The number of nitrogens with zero attached hydrogens (tertiary/aromatic N) is 3. The molecular formula is C19H19N5O2. The second-order valence-corrected chi connectivity index (χ2v) is 5.87. The Hall–Kier alpha value is -3.35. The lowest BCUT2D eigenvalue weighted by Gasteiger charge is -2.10. The smallest absolute Gasteiger partial charge is 0.244 e. The van der Waals surface area contributed by atoms with E-state index in [0.29, 0.717) is 12.5 Å². The van der Waals surface area contributed by atoms with Crippen LogP contribution in [0.5, 0.6) is 11.5 Å². The zero-order valence-electron chi connectivity index (χ0n) is 14.6. The van der Waals surface area contributed by atoms with Gasteiger partial charge < -0.3 is 19.8 Å². The zero-order valence-corrected chi connectivity index (χ0v) is 14.6. The number of nitrogens with one attached hydrogen (secondary N) is 2. The van der Waals surface area contributed by atoms with Crippen molar-refractivity contribution >= 4 is 28.0 Å². The van der Waals surface area contributed by atoms with Gasteiger partial charge in [0.2, 0.25) is 5.95 Å². The van der Waals surface area contributed by atoms with Crippen LogP contribution in [0.25, 0.3) is 22.1 Å². The lowest BCUT2D eigenvalue weighted by molar-refractivity contribution is 0.354. The molecule has 2 aromatic heterocycles. The van der Waals surface area contributed by atoms with Gasteiger partial charge in [-0.2, -0.15) is 4.98 Å². The predicted octanol–water partition coefficient (Wildman–Crippen LogP) is 3.18. The van der Waals surface area contributed by atoms with E-state index >= 15 is 0 Å². The molecule has 4 aromatic rings. The largest absolute Gasteiger partial charge is 0.493 e. The number of H-pyrrole nitrogens is 1. The average molecular weight is 349 g/mol. The summed E-state index contributed by atoms with van der Waals surface area (Å²) in [5.74, 6) is 1.95. The van der Waals surface area contributed by atoms with Crippen molar-refractivity contribution in [2.75, 3.05) is 26.1 Å². The summed E-state index contributed by atoms with van der Waals surface area (Å²) in [5.41, 5.74) is 3.66. The van der Waals surface area contributed by atoms with Crippen molar-refractivity contribution < 1.29 is 9.47 Å². The van der Waals surface area contributed by atoms with E-state index in [1.165, 1.54) is 0 Å². The summed E-state index contributed by atoms with van der Waals surface area (Å²) >= 11 is 0. The number of rotatable bonds is 6. The molecule has 7 heteroatoms. The maximum Gasteiger partial charge on any atom is 0.244 e. The van der Waals surface area contributed by atoms with Crippen LogP contribution in [0.3, 0.4) is 0 Å². The Balaban J connectivity index is 1.47. The summed E-state index contributed by atoms with van der Waals surface area (Å²) < 4.78 is 10.6. The second kappa shape index (κ2) is 6.87. The molecule has 0 radical (unpaired) electrons. The molecule has 0 saturated carbocycles. The van der Waals surface area contributed by atoms with Crippen molar-refractivity contribution in [2.24, 2.45) is 0 Å². The van der Waals surface area contributed by atoms with E-state index in [0.717, 1.165) is 45.6 Å². The van der Waals surface area contributed by atoms with Crippen molar-refractivity contribution in [1.29, 1.82) is 0 Å². The third-order valence-corrected chi connectivity index (χ3v) is 4.27. The van der Waals surface area contributed by atoms with Gasteiger partial charge in [-0.15, -0.1) is 10.2 Å². The molecule has 0 saturated heterocycles. The number of benzene rings is 2. The summed E-state index contributed by atoms with van der Waals surface area (Å²) in [6.45, 7) is 0.683. The molecule has 0 bridgehead atoms. The van der Waals surface area contributed by atoms with Crippen molar-refractivity contribution in [1.82, 2.24) is 20.2 Å². The van der Waals surface area contributed by atoms with Crippen LogP contribution in [0.4, 0.5) is 5.95 Å². The highest BCUT2D eigenvalue weighted by atomic mass is 16.5. The molecule has 0 fully saturated rings. The molecule has 0 aliphatic rings. The molecule has 0 amide bonds. The predicted molar refractivity (Wildman–Crippen MR) is 101 cm³/mol. The number of aromatic amines is 1. The molecule has 2 N–H and O–H groups in total. The highest BCUT2D eigenvalue weighted by molar-refractivity contribution is 6.03. The van der Waals surface area contributed by atoms with Crippen molar-refractivity contribution in [3.8, 4) is 11.5 Å².